The molecule has 2 unspecified atom stereocenters. The molecule has 1 heterocycles. The van der Waals surface area contributed by atoms with Crippen LogP contribution in [-0.2, 0) is 14.3 Å². The second-order valence-corrected chi connectivity index (χ2v) is 3.51. The third kappa shape index (κ3) is 0.810. The van der Waals surface area contributed by atoms with Crippen molar-refractivity contribution in [1.29, 1.82) is 0 Å². The average molecular weight is 180 g/mol. The molecule has 2 aliphatic rings. The number of isocyanates is 2. The van der Waals surface area contributed by atoms with Crippen molar-refractivity contribution in [2.45, 2.75) is 24.6 Å². The third-order valence-corrected chi connectivity index (χ3v) is 2.98. The fraction of sp³-hybridized carbons (Fsp3) is 0.750. The first kappa shape index (κ1) is 8.32. The van der Waals surface area contributed by atoms with E-state index in [9.17, 15) is 9.59 Å². The highest BCUT2D eigenvalue weighted by atomic mass is 16.6. The largest absolute Gasteiger partial charge is 0.364 e. The lowest BCUT2D eigenvalue weighted by Crippen LogP contribution is -2.58. The summed E-state index contributed by atoms with van der Waals surface area (Å²) in [5.41, 5.74) is -1.53. The van der Waals surface area contributed by atoms with E-state index in [1.54, 1.807) is 0 Å². The van der Waals surface area contributed by atoms with E-state index >= 15 is 0 Å². The van der Waals surface area contributed by atoms with Crippen molar-refractivity contribution in [1.82, 2.24) is 0 Å². The minimum atomic E-state index is -1.02. The van der Waals surface area contributed by atoms with Gasteiger partial charge in [0.25, 0.3) is 0 Å². The van der Waals surface area contributed by atoms with Gasteiger partial charge in [-0.15, -0.1) is 0 Å². The number of aliphatic imine (C=N–C) groups is 2. The molecular formula is C8H8N2O3. The maximum Gasteiger partial charge on any atom is 0.237 e. The maximum absolute atomic E-state index is 10.2. The minimum Gasteiger partial charge on any atom is -0.364 e. The Hall–Kier alpha value is -1.28. The number of rotatable bonds is 2. The van der Waals surface area contributed by atoms with Crippen LogP contribution in [0.5, 0.6) is 0 Å². The van der Waals surface area contributed by atoms with Gasteiger partial charge in [0.15, 0.2) is 0 Å². The first-order valence-corrected chi connectivity index (χ1v) is 4.03. The van der Waals surface area contributed by atoms with Gasteiger partial charge in [0.1, 0.15) is 5.60 Å². The Bertz CT molecular complexity index is 317. The van der Waals surface area contributed by atoms with Crippen LogP contribution in [0, 0.1) is 5.92 Å². The number of nitrogens with zero attached hydrogens (tertiary/aromatic N) is 2. The summed E-state index contributed by atoms with van der Waals surface area (Å²) < 4.78 is 5.22. The fourth-order valence-electron chi connectivity index (χ4n) is 2.08. The number of ether oxygens (including phenoxy) is 1. The number of epoxide rings is 1. The lowest BCUT2D eigenvalue weighted by molar-refractivity contribution is 0.0158. The Morgan fingerprint density at radius 1 is 1.38 bits per heavy atom. The van der Waals surface area contributed by atoms with Gasteiger partial charge in [0.2, 0.25) is 17.8 Å². The van der Waals surface area contributed by atoms with Gasteiger partial charge in [0.05, 0.1) is 6.61 Å². The highest BCUT2D eigenvalue weighted by molar-refractivity contribution is 5.44. The van der Waals surface area contributed by atoms with Crippen LogP contribution in [0.25, 0.3) is 0 Å². The second-order valence-electron chi connectivity index (χ2n) is 3.51. The molecule has 0 amide bonds. The van der Waals surface area contributed by atoms with Crippen molar-refractivity contribution in [2.24, 2.45) is 15.9 Å². The van der Waals surface area contributed by atoms with E-state index in [2.05, 4.69) is 9.98 Å². The number of carbonyl (C=O) groups excluding carboxylic acids is 2. The summed E-state index contributed by atoms with van der Waals surface area (Å²) in [7, 11) is 0. The molecule has 1 spiro atoms. The van der Waals surface area contributed by atoms with Gasteiger partial charge < -0.3 is 4.74 Å². The Labute approximate surface area is 74.5 Å². The highest BCUT2D eigenvalue weighted by Gasteiger charge is 2.74. The molecule has 0 bridgehead atoms. The Kier molecular flexibility index (Phi) is 1.51. The number of hydrogen-bond acceptors (Lipinski definition) is 5. The van der Waals surface area contributed by atoms with Crippen LogP contribution in [0.2, 0.25) is 0 Å². The van der Waals surface area contributed by atoms with Crippen LogP contribution in [0.15, 0.2) is 9.98 Å². The molecule has 0 N–H and O–H groups in total. The summed E-state index contributed by atoms with van der Waals surface area (Å²) in [4.78, 5) is 27.5. The summed E-state index contributed by atoms with van der Waals surface area (Å²) in [6.45, 7) is 2.48. The molecule has 5 heteroatoms. The Morgan fingerprint density at radius 3 is 2.23 bits per heavy atom. The summed E-state index contributed by atoms with van der Waals surface area (Å²) in [6.07, 6.45) is 3.42. The van der Waals surface area contributed by atoms with Crippen molar-refractivity contribution < 1.29 is 14.3 Å². The highest BCUT2D eigenvalue weighted by Crippen LogP contribution is 2.60. The third-order valence-electron chi connectivity index (χ3n) is 2.98. The molecule has 0 aromatic heterocycles. The molecule has 0 radical (unpaired) electrons. The summed E-state index contributed by atoms with van der Waals surface area (Å²) in [5, 5.41) is 0. The van der Waals surface area contributed by atoms with Gasteiger partial charge in [-0.05, 0) is 5.92 Å². The summed E-state index contributed by atoms with van der Waals surface area (Å²) in [6, 6.07) is 0. The van der Waals surface area contributed by atoms with Crippen molar-refractivity contribution >= 4 is 12.2 Å². The van der Waals surface area contributed by atoms with Gasteiger partial charge >= 0.3 is 0 Å². The quantitative estimate of drug-likeness (QED) is 0.345. The predicted octanol–water partition coefficient (Wildman–Crippen LogP) is 0.163. The lowest BCUT2D eigenvalue weighted by Gasteiger charge is -2.44. The van der Waals surface area contributed by atoms with Crippen LogP contribution >= 0.6 is 0 Å². The van der Waals surface area contributed by atoms with Gasteiger partial charge in [-0.3, -0.25) is 0 Å². The van der Waals surface area contributed by atoms with Crippen LogP contribution in [0.1, 0.15) is 13.3 Å². The molecule has 0 aromatic carbocycles. The molecule has 1 saturated carbocycles. The van der Waals surface area contributed by atoms with Crippen LogP contribution < -0.4 is 0 Å². The first-order chi connectivity index (χ1) is 6.21. The molecule has 13 heavy (non-hydrogen) atoms. The van der Waals surface area contributed by atoms with E-state index in [0.717, 1.165) is 0 Å². The van der Waals surface area contributed by atoms with E-state index in [-0.39, 0.29) is 5.92 Å². The second kappa shape index (κ2) is 2.36. The smallest absolute Gasteiger partial charge is 0.237 e. The Balaban J connectivity index is 2.37. The summed E-state index contributed by atoms with van der Waals surface area (Å²) >= 11 is 0. The molecule has 1 aliphatic carbocycles. The lowest BCUT2D eigenvalue weighted by atomic mass is 9.65. The molecule has 2 fully saturated rings. The van der Waals surface area contributed by atoms with Crippen molar-refractivity contribution in [3.05, 3.63) is 0 Å². The zero-order valence-corrected chi connectivity index (χ0v) is 7.11. The SMILES string of the molecule is CC1CC(N=C=O)(N=C=O)C12CO2. The van der Waals surface area contributed by atoms with E-state index in [1.165, 1.54) is 12.2 Å². The number of hydrogen-bond donors (Lipinski definition) is 0. The maximum atomic E-state index is 10.2. The van der Waals surface area contributed by atoms with Crippen LogP contribution in [0.4, 0.5) is 0 Å². The molecular weight excluding hydrogens is 172 g/mol. The first-order valence-electron chi connectivity index (χ1n) is 4.03. The summed E-state index contributed by atoms with van der Waals surface area (Å²) in [5.74, 6) is 0.279. The molecule has 5 nitrogen and oxygen atoms in total. The van der Waals surface area contributed by atoms with Gasteiger partial charge in [-0.1, -0.05) is 6.92 Å². The predicted molar refractivity (Wildman–Crippen MR) is 41.4 cm³/mol. The fourth-order valence-corrected chi connectivity index (χ4v) is 2.08. The van der Waals surface area contributed by atoms with Crippen LogP contribution in [-0.4, -0.2) is 30.0 Å². The molecule has 0 aromatic rings. The van der Waals surface area contributed by atoms with Gasteiger partial charge in [-0.25, -0.2) is 9.59 Å². The van der Waals surface area contributed by atoms with E-state index < -0.39 is 11.3 Å². The standard InChI is InChI=1S/C8H8N2O3/c1-6-2-8(9-4-11,10-5-12)7(6)3-13-7/h6H,2-3H2,1H3. The zero-order valence-electron chi connectivity index (χ0n) is 7.11. The van der Waals surface area contributed by atoms with Crippen molar-refractivity contribution in [2.75, 3.05) is 6.61 Å². The van der Waals surface area contributed by atoms with Crippen molar-refractivity contribution in [3.8, 4) is 0 Å². The zero-order chi connectivity index (χ0) is 9.53. The molecule has 2 rings (SSSR count). The Morgan fingerprint density at radius 2 is 1.92 bits per heavy atom. The van der Waals surface area contributed by atoms with Gasteiger partial charge in [0, 0.05) is 6.42 Å². The normalized spacial score (nSPS) is 45.8. The van der Waals surface area contributed by atoms with Crippen molar-refractivity contribution in [3.63, 3.8) is 0 Å². The van der Waals surface area contributed by atoms with Crippen LogP contribution in [0.3, 0.4) is 0 Å². The van der Waals surface area contributed by atoms with Gasteiger partial charge in [-0.2, -0.15) is 9.98 Å². The van der Waals surface area contributed by atoms with E-state index in [4.69, 9.17) is 4.74 Å². The minimum absolute atomic E-state index is 0.279. The van der Waals surface area contributed by atoms with E-state index in [1.807, 2.05) is 6.92 Å². The molecule has 1 aliphatic heterocycles. The topological polar surface area (TPSA) is 71.4 Å². The molecule has 2 atom stereocenters. The average Bonchev–Trinajstić information content (AvgIpc) is 2.86. The van der Waals surface area contributed by atoms with E-state index in [0.29, 0.717) is 13.0 Å². The molecule has 68 valence electrons. The monoisotopic (exact) mass is 180 g/mol. The molecule has 1 saturated heterocycles.